The van der Waals surface area contributed by atoms with Crippen LogP contribution in [-0.4, -0.2) is 53.6 Å². The second kappa shape index (κ2) is 9.24. The van der Waals surface area contributed by atoms with E-state index in [1.165, 1.54) is 10.5 Å². The number of benzene rings is 1. The molecule has 1 aliphatic carbocycles. The summed E-state index contributed by atoms with van der Waals surface area (Å²) in [6.45, 7) is 4.47. The first-order valence-corrected chi connectivity index (χ1v) is 12.4. The number of aromatic nitrogens is 1. The van der Waals surface area contributed by atoms with Gasteiger partial charge in [0.1, 0.15) is 0 Å². The number of carbonyl (C=O) groups excluding carboxylic acids is 2. The average molecular weight is 475 g/mol. The van der Waals surface area contributed by atoms with Gasteiger partial charge in [-0.25, -0.2) is 13.6 Å². The molecule has 2 saturated heterocycles. The number of fused-ring (bicyclic) bond motifs is 1. The summed E-state index contributed by atoms with van der Waals surface area (Å²) < 4.78 is 32.4. The van der Waals surface area contributed by atoms with Crippen LogP contribution in [0, 0.1) is 11.8 Å². The van der Waals surface area contributed by atoms with Gasteiger partial charge >= 0.3 is 6.03 Å². The minimum atomic E-state index is -2.46. The molecule has 34 heavy (non-hydrogen) atoms. The van der Waals surface area contributed by atoms with Gasteiger partial charge in [0, 0.05) is 38.4 Å². The highest BCUT2D eigenvalue weighted by molar-refractivity contribution is 6.08. The summed E-state index contributed by atoms with van der Waals surface area (Å²) in [4.78, 5) is 27.7. The Morgan fingerprint density at radius 2 is 1.94 bits per heavy atom. The van der Waals surface area contributed by atoms with Gasteiger partial charge in [-0.2, -0.15) is 0 Å². The lowest BCUT2D eigenvalue weighted by Crippen LogP contribution is -2.49. The molecule has 9 heteroatoms. The molecule has 7 nitrogen and oxygen atoms in total. The number of hydrogen-bond acceptors (Lipinski definition) is 5. The number of nitrogens with zero attached hydrogens (tertiary/aromatic N) is 3. The third-order valence-corrected chi connectivity index (χ3v) is 7.80. The van der Waals surface area contributed by atoms with E-state index in [1.807, 2.05) is 12.1 Å². The highest BCUT2D eigenvalue weighted by Gasteiger charge is 2.36. The largest absolute Gasteiger partial charge is 0.354 e. The van der Waals surface area contributed by atoms with Crippen molar-refractivity contribution in [1.29, 1.82) is 0 Å². The van der Waals surface area contributed by atoms with Crippen molar-refractivity contribution in [3.8, 4) is 0 Å². The molecule has 0 spiro atoms. The number of piperidine rings is 1. The van der Waals surface area contributed by atoms with E-state index in [1.54, 1.807) is 0 Å². The summed E-state index contributed by atoms with van der Waals surface area (Å²) >= 11 is 0. The molecule has 3 heterocycles. The lowest BCUT2D eigenvalue weighted by atomic mass is 9.83. The van der Waals surface area contributed by atoms with Crippen molar-refractivity contribution < 1.29 is 22.9 Å². The fourth-order valence-electron chi connectivity index (χ4n) is 5.78. The van der Waals surface area contributed by atoms with Gasteiger partial charge in [-0.1, -0.05) is 11.2 Å². The highest BCUT2D eigenvalue weighted by atomic mass is 19.3. The van der Waals surface area contributed by atoms with E-state index in [0.717, 1.165) is 37.7 Å². The number of alkyl halides is 2. The second-order valence-corrected chi connectivity index (χ2v) is 10.3. The zero-order valence-electron chi connectivity index (χ0n) is 19.6. The zero-order chi connectivity index (χ0) is 23.9. The van der Waals surface area contributed by atoms with Crippen LogP contribution in [0.1, 0.15) is 57.4 Å². The number of amides is 3. The molecule has 3 amide bonds. The number of nitrogens with one attached hydrogen (secondary N) is 1. The molecule has 2 aliphatic heterocycles. The summed E-state index contributed by atoms with van der Waals surface area (Å²) in [5.41, 5.74) is 1.79. The van der Waals surface area contributed by atoms with E-state index in [4.69, 9.17) is 4.52 Å². The zero-order valence-corrected chi connectivity index (χ0v) is 19.6. The predicted octanol–water partition coefficient (Wildman–Crippen LogP) is 4.74. The third-order valence-electron chi connectivity index (χ3n) is 7.80. The molecule has 184 valence electrons. The third kappa shape index (κ3) is 4.94. The summed E-state index contributed by atoms with van der Waals surface area (Å²) in [7, 11) is 0. The normalized spacial score (nSPS) is 26.7. The number of imide groups is 1. The van der Waals surface area contributed by atoms with Crippen LogP contribution in [0.5, 0.6) is 0 Å². The van der Waals surface area contributed by atoms with Gasteiger partial charge in [0.15, 0.2) is 11.4 Å². The second-order valence-electron chi connectivity index (χ2n) is 10.3. The molecule has 3 fully saturated rings. The van der Waals surface area contributed by atoms with Crippen LogP contribution in [0.15, 0.2) is 22.7 Å². The minimum Gasteiger partial charge on any atom is -0.354 e. The number of anilines is 1. The smallest absolute Gasteiger partial charge is 0.329 e. The summed E-state index contributed by atoms with van der Waals surface area (Å²) in [6, 6.07) is 5.96. The van der Waals surface area contributed by atoms with Crippen LogP contribution in [0.25, 0.3) is 11.0 Å². The van der Waals surface area contributed by atoms with E-state index < -0.39 is 12.0 Å². The van der Waals surface area contributed by atoms with E-state index in [0.29, 0.717) is 42.1 Å². The van der Waals surface area contributed by atoms with Gasteiger partial charge in [0.2, 0.25) is 11.8 Å². The van der Waals surface area contributed by atoms with E-state index in [-0.39, 0.29) is 31.7 Å². The van der Waals surface area contributed by atoms with Crippen molar-refractivity contribution in [3.05, 3.63) is 23.8 Å². The van der Waals surface area contributed by atoms with Crippen molar-refractivity contribution in [1.82, 2.24) is 15.4 Å². The van der Waals surface area contributed by atoms with Gasteiger partial charge < -0.3 is 9.42 Å². The molecule has 2 aromatic rings. The molecule has 0 bridgehead atoms. The Hall–Kier alpha value is -2.55. The summed E-state index contributed by atoms with van der Waals surface area (Å²) in [5, 5.41) is 7.20. The van der Waals surface area contributed by atoms with Crippen LogP contribution in [0.2, 0.25) is 0 Å². The number of carbonyl (C=O) groups is 2. The molecular formula is C25H32F2N4O3. The van der Waals surface area contributed by atoms with Crippen LogP contribution in [0.3, 0.4) is 0 Å². The van der Waals surface area contributed by atoms with Crippen molar-refractivity contribution in [2.45, 2.75) is 70.3 Å². The van der Waals surface area contributed by atoms with Gasteiger partial charge in [0.25, 0.3) is 0 Å². The molecule has 1 aromatic carbocycles. The number of hydrogen-bond donors (Lipinski definition) is 1. The fourth-order valence-corrected chi connectivity index (χ4v) is 5.78. The quantitative estimate of drug-likeness (QED) is 0.677. The van der Waals surface area contributed by atoms with Gasteiger partial charge in [-0.15, -0.1) is 0 Å². The SMILES string of the molecule is C[C@H]1C[C@H](Cc2ccc3onc(N4CCC(=O)NC4=O)c3c2)CCN1CC1CCC(F)(F)CC1. The lowest BCUT2D eigenvalue weighted by Gasteiger charge is -2.41. The topological polar surface area (TPSA) is 78.7 Å². The Kier molecular flexibility index (Phi) is 6.31. The van der Waals surface area contributed by atoms with E-state index >= 15 is 0 Å². The van der Waals surface area contributed by atoms with Crippen molar-refractivity contribution >= 4 is 28.7 Å². The maximum Gasteiger partial charge on any atom is 0.329 e. The standard InChI is InChI=1S/C25H32F2N4O3/c1-16-12-19(6-10-30(16)15-17-4-8-25(26,27)9-5-17)13-18-2-3-21-20(14-18)23(29-34-21)31-11-7-22(32)28-24(31)33/h2-3,14,16-17,19H,4-13,15H2,1H3,(H,28,32,33)/t16-,19+/m0/s1. The van der Waals surface area contributed by atoms with Crippen molar-refractivity contribution in [3.63, 3.8) is 0 Å². The van der Waals surface area contributed by atoms with Crippen LogP contribution in [0.4, 0.5) is 19.4 Å². The Morgan fingerprint density at radius 1 is 1.15 bits per heavy atom. The van der Waals surface area contributed by atoms with Gasteiger partial charge in [-0.3, -0.25) is 15.0 Å². The lowest BCUT2D eigenvalue weighted by molar-refractivity contribution is -0.120. The maximum absolute atomic E-state index is 13.5. The molecule has 3 aliphatic rings. The van der Waals surface area contributed by atoms with Crippen LogP contribution < -0.4 is 10.2 Å². The highest BCUT2D eigenvalue weighted by Crippen LogP contribution is 2.38. The molecule has 5 rings (SSSR count). The molecule has 1 aromatic heterocycles. The average Bonchev–Trinajstić information content (AvgIpc) is 3.20. The van der Waals surface area contributed by atoms with E-state index in [2.05, 4.69) is 28.4 Å². The maximum atomic E-state index is 13.5. The van der Waals surface area contributed by atoms with E-state index in [9.17, 15) is 18.4 Å². The van der Waals surface area contributed by atoms with Crippen molar-refractivity contribution in [2.75, 3.05) is 24.5 Å². The number of rotatable bonds is 5. The summed E-state index contributed by atoms with van der Waals surface area (Å²) in [6.07, 6.45) is 4.65. The Labute approximate surface area is 197 Å². The molecule has 1 saturated carbocycles. The Bertz CT molecular complexity index is 1060. The molecular weight excluding hydrogens is 442 g/mol. The predicted molar refractivity (Wildman–Crippen MR) is 124 cm³/mol. The van der Waals surface area contributed by atoms with Crippen LogP contribution >= 0.6 is 0 Å². The number of urea groups is 1. The summed E-state index contributed by atoms with van der Waals surface area (Å²) in [5.74, 6) is -1.37. The fraction of sp³-hybridized carbons (Fsp3) is 0.640. The molecule has 0 radical (unpaired) electrons. The minimum absolute atomic E-state index is 0.0330. The Balaban J connectivity index is 1.20. The number of likely N-dealkylation sites (tertiary alicyclic amines) is 1. The molecule has 2 atom stereocenters. The molecule has 1 N–H and O–H groups in total. The van der Waals surface area contributed by atoms with Gasteiger partial charge in [0.05, 0.1) is 5.39 Å². The monoisotopic (exact) mass is 474 g/mol. The molecule has 0 unspecified atom stereocenters. The Morgan fingerprint density at radius 3 is 2.68 bits per heavy atom. The first-order chi connectivity index (χ1) is 16.3. The first kappa shape index (κ1) is 23.2. The van der Waals surface area contributed by atoms with Crippen molar-refractivity contribution in [2.24, 2.45) is 11.8 Å². The van der Waals surface area contributed by atoms with Crippen LogP contribution in [-0.2, 0) is 11.2 Å². The first-order valence-electron chi connectivity index (χ1n) is 12.4. The number of halogens is 2. The van der Waals surface area contributed by atoms with Gasteiger partial charge in [-0.05, 0) is 75.1 Å².